The van der Waals surface area contributed by atoms with Gasteiger partial charge in [0.2, 0.25) is 5.91 Å². The first-order valence-electron chi connectivity index (χ1n) is 7.51. The molecule has 1 saturated heterocycles. The Morgan fingerprint density at radius 1 is 1.18 bits per heavy atom. The summed E-state index contributed by atoms with van der Waals surface area (Å²) in [6.07, 6.45) is 3.51. The molecule has 3 rings (SSSR count). The van der Waals surface area contributed by atoms with Crippen LogP contribution in [0.3, 0.4) is 0 Å². The molecule has 2 fully saturated rings. The molecule has 0 bridgehead atoms. The first-order chi connectivity index (χ1) is 10.1. The van der Waals surface area contributed by atoms with Gasteiger partial charge in [0, 0.05) is 29.4 Å². The number of nitrogens with one attached hydrogen (secondary N) is 1. The van der Waals surface area contributed by atoms with Gasteiger partial charge in [-0.2, -0.15) is 0 Å². The van der Waals surface area contributed by atoms with Crippen LogP contribution in [-0.2, 0) is 9.53 Å². The fourth-order valence-electron chi connectivity index (χ4n) is 2.57. The van der Waals surface area contributed by atoms with Gasteiger partial charge in [0.1, 0.15) is 0 Å². The fraction of sp³-hybridized carbons (Fsp3) is 0.562. The zero-order valence-corrected chi connectivity index (χ0v) is 14.2. The van der Waals surface area contributed by atoms with Gasteiger partial charge in [0.15, 0.2) is 0 Å². The molecule has 1 aliphatic heterocycles. The van der Waals surface area contributed by atoms with Gasteiger partial charge in [-0.05, 0) is 37.8 Å². The van der Waals surface area contributed by atoms with Crippen molar-refractivity contribution in [1.29, 1.82) is 0 Å². The number of ether oxygens (including phenoxy) is 1. The molecule has 1 amide bonds. The van der Waals surface area contributed by atoms with E-state index in [9.17, 15) is 4.79 Å². The van der Waals surface area contributed by atoms with E-state index >= 15 is 0 Å². The lowest BCUT2D eigenvalue weighted by molar-refractivity contribution is -0.129. The van der Waals surface area contributed by atoms with Gasteiger partial charge in [0.25, 0.3) is 0 Å². The predicted octanol–water partition coefficient (Wildman–Crippen LogP) is 2.36. The van der Waals surface area contributed by atoms with Gasteiger partial charge in [-0.1, -0.05) is 18.2 Å². The lowest BCUT2D eigenvalue weighted by Crippen LogP contribution is -2.57. The van der Waals surface area contributed by atoms with E-state index in [0.717, 1.165) is 12.8 Å². The Hall–Kier alpha value is -0.750. The van der Waals surface area contributed by atoms with Crippen LogP contribution in [0.15, 0.2) is 35.2 Å². The second kappa shape index (κ2) is 7.21. The highest BCUT2D eigenvalue weighted by Crippen LogP contribution is 2.51. The van der Waals surface area contributed by atoms with E-state index in [4.69, 9.17) is 10.5 Å². The number of nitrogens with two attached hydrogens (primary N) is 1. The predicted molar refractivity (Wildman–Crippen MR) is 91.5 cm³/mol. The van der Waals surface area contributed by atoms with Crippen molar-refractivity contribution in [3.63, 3.8) is 0 Å². The quantitative estimate of drug-likeness (QED) is 0.862. The normalized spacial score (nSPS) is 21.5. The standard InChI is InChI=1S/C16H22N2O2S.ClH/c17-16(8-10-20-11-9-16)14(19)18-12-15(6-7-15)21-13-4-2-1-3-5-13;/h1-5H,6-12,17H2,(H,18,19);1H. The summed E-state index contributed by atoms with van der Waals surface area (Å²) in [7, 11) is 0. The molecule has 1 saturated carbocycles. The lowest BCUT2D eigenvalue weighted by Gasteiger charge is -2.32. The minimum atomic E-state index is -0.744. The van der Waals surface area contributed by atoms with Gasteiger partial charge in [0.05, 0.1) is 5.54 Å². The van der Waals surface area contributed by atoms with Crippen LogP contribution >= 0.6 is 24.2 Å². The van der Waals surface area contributed by atoms with Crippen LogP contribution in [0.5, 0.6) is 0 Å². The Morgan fingerprint density at radius 3 is 2.41 bits per heavy atom. The third-order valence-electron chi connectivity index (χ3n) is 4.29. The van der Waals surface area contributed by atoms with Crippen LogP contribution in [0.25, 0.3) is 0 Å². The van der Waals surface area contributed by atoms with Crippen LogP contribution in [0, 0.1) is 0 Å². The average Bonchev–Trinajstić information content (AvgIpc) is 3.26. The maximum atomic E-state index is 12.3. The molecule has 0 radical (unpaired) electrons. The number of hydrogen-bond acceptors (Lipinski definition) is 4. The molecule has 2 aliphatic rings. The molecule has 0 unspecified atom stereocenters. The first-order valence-corrected chi connectivity index (χ1v) is 8.33. The number of benzene rings is 1. The molecule has 1 aromatic carbocycles. The molecular weight excluding hydrogens is 320 g/mol. The molecule has 1 aliphatic carbocycles. The van der Waals surface area contributed by atoms with Crippen molar-refractivity contribution in [1.82, 2.24) is 5.32 Å². The second-order valence-corrected chi connectivity index (χ2v) is 7.59. The fourth-order valence-corrected chi connectivity index (χ4v) is 3.82. The van der Waals surface area contributed by atoms with Crippen molar-refractivity contribution in [2.24, 2.45) is 5.73 Å². The van der Waals surface area contributed by atoms with E-state index in [0.29, 0.717) is 32.6 Å². The lowest BCUT2D eigenvalue weighted by atomic mass is 9.90. The molecule has 1 aromatic rings. The summed E-state index contributed by atoms with van der Waals surface area (Å²) < 4.78 is 5.45. The van der Waals surface area contributed by atoms with E-state index in [1.54, 1.807) is 0 Å². The Balaban J connectivity index is 0.00000176. The number of rotatable bonds is 5. The first kappa shape index (κ1) is 17.6. The minimum Gasteiger partial charge on any atom is -0.381 e. The summed E-state index contributed by atoms with van der Waals surface area (Å²) in [6, 6.07) is 10.4. The largest absolute Gasteiger partial charge is 0.381 e. The maximum Gasteiger partial charge on any atom is 0.240 e. The number of thioether (sulfide) groups is 1. The highest BCUT2D eigenvalue weighted by Gasteiger charge is 2.45. The van der Waals surface area contributed by atoms with E-state index in [1.165, 1.54) is 4.90 Å². The number of carbonyl (C=O) groups is 1. The van der Waals surface area contributed by atoms with E-state index in [2.05, 4.69) is 17.4 Å². The van der Waals surface area contributed by atoms with Crippen LogP contribution in [0.2, 0.25) is 0 Å². The number of hydrogen-bond donors (Lipinski definition) is 2. The van der Waals surface area contributed by atoms with Crippen LogP contribution < -0.4 is 11.1 Å². The van der Waals surface area contributed by atoms with Crippen molar-refractivity contribution in [3.8, 4) is 0 Å². The summed E-state index contributed by atoms with van der Waals surface area (Å²) >= 11 is 1.86. The number of amides is 1. The summed E-state index contributed by atoms with van der Waals surface area (Å²) in [5.74, 6) is -0.0225. The minimum absolute atomic E-state index is 0. The van der Waals surface area contributed by atoms with Gasteiger partial charge < -0.3 is 15.8 Å². The Labute approximate surface area is 142 Å². The Morgan fingerprint density at radius 2 is 1.82 bits per heavy atom. The third kappa shape index (κ3) is 4.16. The summed E-state index contributed by atoms with van der Waals surface area (Å²) in [4.78, 5) is 13.6. The molecule has 0 atom stereocenters. The van der Waals surface area contributed by atoms with Gasteiger partial charge in [-0.3, -0.25) is 4.79 Å². The highest BCUT2D eigenvalue weighted by atomic mass is 35.5. The molecule has 122 valence electrons. The van der Waals surface area contributed by atoms with Gasteiger partial charge in [-0.15, -0.1) is 24.2 Å². The van der Waals surface area contributed by atoms with Gasteiger partial charge in [-0.25, -0.2) is 0 Å². The SMILES string of the molecule is Cl.NC1(C(=O)NCC2(Sc3ccccc3)CC2)CCOCC1. The molecule has 1 heterocycles. The van der Waals surface area contributed by atoms with Crippen molar-refractivity contribution in [2.45, 2.75) is 40.9 Å². The van der Waals surface area contributed by atoms with E-state index in [1.807, 2.05) is 30.0 Å². The smallest absolute Gasteiger partial charge is 0.240 e. The third-order valence-corrected chi connectivity index (χ3v) is 5.79. The summed E-state index contributed by atoms with van der Waals surface area (Å²) in [5.41, 5.74) is 5.46. The van der Waals surface area contributed by atoms with E-state index < -0.39 is 5.54 Å². The van der Waals surface area contributed by atoms with E-state index in [-0.39, 0.29) is 23.1 Å². The van der Waals surface area contributed by atoms with Crippen molar-refractivity contribution in [2.75, 3.05) is 19.8 Å². The van der Waals surface area contributed by atoms with Crippen molar-refractivity contribution in [3.05, 3.63) is 30.3 Å². The van der Waals surface area contributed by atoms with Crippen molar-refractivity contribution < 1.29 is 9.53 Å². The Bertz CT molecular complexity index is 502. The van der Waals surface area contributed by atoms with Crippen LogP contribution in [0.1, 0.15) is 25.7 Å². The molecule has 0 spiro atoms. The molecule has 22 heavy (non-hydrogen) atoms. The maximum absolute atomic E-state index is 12.3. The van der Waals surface area contributed by atoms with Gasteiger partial charge >= 0.3 is 0 Å². The Kier molecular flexibility index (Phi) is 5.77. The topological polar surface area (TPSA) is 64.4 Å². The molecule has 3 N–H and O–H groups in total. The second-order valence-electron chi connectivity index (χ2n) is 6.05. The number of halogens is 1. The zero-order chi connectivity index (χ0) is 14.8. The summed E-state index contributed by atoms with van der Waals surface area (Å²) in [5, 5.41) is 3.08. The molecule has 0 aromatic heterocycles. The van der Waals surface area contributed by atoms with Crippen molar-refractivity contribution >= 4 is 30.1 Å². The molecular formula is C16H23ClN2O2S. The summed E-state index contributed by atoms with van der Waals surface area (Å²) in [6.45, 7) is 1.85. The average molecular weight is 343 g/mol. The number of carbonyl (C=O) groups excluding carboxylic acids is 1. The monoisotopic (exact) mass is 342 g/mol. The highest BCUT2D eigenvalue weighted by molar-refractivity contribution is 8.01. The zero-order valence-electron chi connectivity index (χ0n) is 12.5. The molecule has 4 nitrogen and oxygen atoms in total. The van der Waals surface area contributed by atoms with Crippen LogP contribution in [0.4, 0.5) is 0 Å². The van der Waals surface area contributed by atoms with Crippen LogP contribution in [-0.4, -0.2) is 36.0 Å². The molecule has 6 heteroatoms.